The van der Waals surface area contributed by atoms with E-state index in [9.17, 15) is 0 Å². The summed E-state index contributed by atoms with van der Waals surface area (Å²) in [5.74, 6) is 1.47. The third kappa shape index (κ3) is 3.57. The van der Waals surface area contributed by atoms with Gasteiger partial charge in [0, 0.05) is 6.54 Å². The van der Waals surface area contributed by atoms with Crippen molar-refractivity contribution in [1.29, 1.82) is 0 Å². The number of hydrogen-bond acceptors (Lipinski definition) is 2. The summed E-state index contributed by atoms with van der Waals surface area (Å²) in [7, 11) is 0. The average Bonchev–Trinajstić information content (AvgIpc) is 2.37. The number of rotatable bonds is 4. The van der Waals surface area contributed by atoms with Crippen LogP contribution in [0.1, 0.15) is 30.9 Å². The van der Waals surface area contributed by atoms with E-state index in [0.717, 1.165) is 17.0 Å². The zero-order valence-electron chi connectivity index (χ0n) is 10.7. The fraction of sp³-hybridized carbons (Fsp3) is 0.267. The number of nitrogens with zero attached hydrogens (tertiary/aromatic N) is 1. The second-order valence-corrected chi connectivity index (χ2v) is 5.41. The van der Waals surface area contributed by atoms with Gasteiger partial charge in [-0.3, -0.25) is 0 Å². The van der Waals surface area contributed by atoms with Crippen LogP contribution in [0.2, 0.25) is 0 Å². The first-order valence-corrected chi connectivity index (χ1v) is 6.90. The Kier molecular flexibility index (Phi) is 4.37. The van der Waals surface area contributed by atoms with E-state index >= 15 is 0 Å². The van der Waals surface area contributed by atoms with Crippen LogP contribution in [0, 0.1) is 0 Å². The van der Waals surface area contributed by atoms with E-state index in [1.54, 1.807) is 0 Å². The van der Waals surface area contributed by atoms with Crippen molar-refractivity contribution in [3.63, 3.8) is 0 Å². The summed E-state index contributed by atoms with van der Waals surface area (Å²) in [4.78, 5) is 4.34. The van der Waals surface area contributed by atoms with Crippen molar-refractivity contribution in [2.45, 2.75) is 26.3 Å². The van der Waals surface area contributed by atoms with E-state index in [4.69, 9.17) is 0 Å². The van der Waals surface area contributed by atoms with E-state index in [-0.39, 0.29) is 0 Å². The van der Waals surface area contributed by atoms with Crippen molar-refractivity contribution in [3.05, 3.63) is 58.2 Å². The zero-order valence-corrected chi connectivity index (χ0v) is 12.2. The first-order valence-electron chi connectivity index (χ1n) is 6.10. The van der Waals surface area contributed by atoms with Crippen molar-refractivity contribution >= 4 is 21.7 Å². The van der Waals surface area contributed by atoms with E-state index in [1.807, 2.05) is 18.2 Å². The number of benzene rings is 1. The molecular weight excluding hydrogens is 288 g/mol. The molecule has 2 rings (SSSR count). The fourth-order valence-corrected chi connectivity index (χ4v) is 2.06. The monoisotopic (exact) mass is 304 g/mol. The maximum atomic E-state index is 4.34. The number of nitrogens with one attached hydrogen (secondary N) is 1. The second kappa shape index (κ2) is 6.01. The van der Waals surface area contributed by atoms with Crippen LogP contribution in [0.3, 0.4) is 0 Å². The van der Waals surface area contributed by atoms with Crippen LogP contribution in [0.5, 0.6) is 0 Å². The van der Waals surface area contributed by atoms with Gasteiger partial charge in [-0.1, -0.05) is 44.2 Å². The molecule has 18 heavy (non-hydrogen) atoms. The molecule has 2 aromatic rings. The zero-order chi connectivity index (χ0) is 13.0. The summed E-state index contributed by atoms with van der Waals surface area (Å²) in [5.41, 5.74) is 2.64. The fourth-order valence-electron chi connectivity index (χ4n) is 1.72. The van der Waals surface area contributed by atoms with E-state index in [2.05, 4.69) is 64.3 Å². The highest BCUT2D eigenvalue weighted by Gasteiger charge is 1.99. The van der Waals surface area contributed by atoms with Crippen LogP contribution >= 0.6 is 15.9 Å². The molecule has 1 aromatic heterocycles. The molecule has 3 heteroatoms. The first-order chi connectivity index (χ1) is 8.65. The summed E-state index contributed by atoms with van der Waals surface area (Å²) in [5, 5.41) is 3.31. The second-order valence-electron chi connectivity index (χ2n) is 4.60. The molecule has 0 aliphatic rings. The van der Waals surface area contributed by atoms with Crippen LogP contribution in [-0.2, 0) is 6.54 Å². The van der Waals surface area contributed by atoms with Crippen molar-refractivity contribution in [2.24, 2.45) is 0 Å². The van der Waals surface area contributed by atoms with Gasteiger partial charge in [-0.15, -0.1) is 0 Å². The highest BCUT2D eigenvalue weighted by Crippen LogP contribution is 2.16. The Balaban J connectivity index is 1.98. The molecular formula is C15H17BrN2. The Hall–Kier alpha value is -1.35. The molecule has 0 aliphatic carbocycles. The molecule has 0 unspecified atom stereocenters. The first kappa shape index (κ1) is 13.1. The van der Waals surface area contributed by atoms with Gasteiger partial charge in [0.1, 0.15) is 10.4 Å². The maximum Gasteiger partial charge on any atom is 0.127 e. The van der Waals surface area contributed by atoms with E-state index < -0.39 is 0 Å². The van der Waals surface area contributed by atoms with Gasteiger partial charge in [0.2, 0.25) is 0 Å². The van der Waals surface area contributed by atoms with Crippen LogP contribution in [0.4, 0.5) is 5.82 Å². The number of halogens is 1. The number of hydrogen-bond donors (Lipinski definition) is 1. The van der Waals surface area contributed by atoms with Gasteiger partial charge < -0.3 is 5.32 Å². The third-order valence-corrected chi connectivity index (χ3v) is 3.28. The molecule has 1 N–H and O–H groups in total. The molecule has 0 radical (unpaired) electrons. The molecule has 0 atom stereocenters. The van der Waals surface area contributed by atoms with Crippen LogP contribution in [-0.4, -0.2) is 4.98 Å². The molecule has 0 fully saturated rings. The number of anilines is 1. The lowest BCUT2D eigenvalue weighted by atomic mass is 10.0. The standard InChI is InChI=1S/C15H17BrN2/c1-11(2)13-8-6-12(7-9-13)10-17-15-5-3-4-14(16)18-15/h3-9,11H,10H2,1-2H3,(H,17,18). The molecule has 0 saturated carbocycles. The predicted octanol–water partition coefficient (Wildman–Crippen LogP) is 4.58. The van der Waals surface area contributed by atoms with Crippen molar-refractivity contribution < 1.29 is 0 Å². The minimum Gasteiger partial charge on any atom is -0.366 e. The molecule has 1 heterocycles. The number of pyridine rings is 1. The largest absolute Gasteiger partial charge is 0.366 e. The van der Waals surface area contributed by atoms with Gasteiger partial charge in [0.15, 0.2) is 0 Å². The lowest BCUT2D eigenvalue weighted by molar-refractivity contribution is 0.865. The quantitative estimate of drug-likeness (QED) is 0.836. The molecule has 0 spiro atoms. The minimum absolute atomic E-state index is 0.582. The molecule has 0 bridgehead atoms. The van der Waals surface area contributed by atoms with Crippen LogP contribution in [0.15, 0.2) is 47.1 Å². The number of aromatic nitrogens is 1. The van der Waals surface area contributed by atoms with Crippen molar-refractivity contribution in [3.8, 4) is 0 Å². The summed E-state index contributed by atoms with van der Waals surface area (Å²) in [6, 6.07) is 14.6. The molecule has 1 aromatic carbocycles. The normalized spacial score (nSPS) is 10.7. The van der Waals surface area contributed by atoms with Gasteiger partial charge in [0.25, 0.3) is 0 Å². The maximum absolute atomic E-state index is 4.34. The van der Waals surface area contributed by atoms with Crippen molar-refractivity contribution in [2.75, 3.05) is 5.32 Å². The Labute approximate surface area is 117 Å². The highest BCUT2D eigenvalue weighted by atomic mass is 79.9. The van der Waals surface area contributed by atoms with Gasteiger partial charge in [-0.05, 0) is 45.1 Å². The summed E-state index contributed by atoms with van der Waals surface area (Å²) in [6.45, 7) is 5.21. The molecule has 0 amide bonds. The Morgan fingerprint density at radius 3 is 2.44 bits per heavy atom. The van der Waals surface area contributed by atoms with Gasteiger partial charge in [0.05, 0.1) is 0 Å². The molecule has 0 saturated heterocycles. The summed E-state index contributed by atoms with van der Waals surface area (Å²) < 4.78 is 0.850. The Bertz CT molecular complexity index is 506. The highest BCUT2D eigenvalue weighted by molar-refractivity contribution is 9.10. The lowest BCUT2D eigenvalue weighted by Gasteiger charge is -2.08. The van der Waals surface area contributed by atoms with Crippen LogP contribution < -0.4 is 5.32 Å². The topological polar surface area (TPSA) is 24.9 Å². The van der Waals surface area contributed by atoms with Gasteiger partial charge >= 0.3 is 0 Å². The lowest BCUT2D eigenvalue weighted by Crippen LogP contribution is -2.01. The SMILES string of the molecule is CC(C)c1ccc(CNc2cccc(Br)n2)cc1. The van der Waals surface area contributed by atoms with E-state index in [0.29, 0.717) is 5.92 Å². The molecule has 94 valence electrons. The smallest absolute Gasteiger partial charge is 0.127 e. The predicted molar refractivity (Wildman–Crippen MR) is 79.8 cm³/mol. The van der Waals surface area contributed by atoms with Crippen molar-refractivity contribution in [1.82, 2.24) is 4.98 Å². The van der Waals surface area contributed by atoms with Gasteiger partial charge in [-0.25, -0.2) is 4.98 Å². The van der Waals surface area contributed by atoms with Gasteiger partial charge in [-0.2, -0.15) is 0 Å². The third-order valence-electron chi connectivity index (χ3n) is 2.84. The summed E-state index contributed by atoms with van der Waals surface area (Å²) >= 11 is 3.36. The van der Waals surface area contributed by atoms with Crippen LogP contribution in [0.25, 0.3) is 0 Å². The summed E-state index contributed by atoms with van der Waals surface area (Å²) in [6.07, 6.45) is 0. The Morgan fingerprint density at radius 2 is 1.83 bits per heavy atom. The molecule has 0 aliphatic heterocycles. The van der Waals surface area contributed by atoms with E-state index in [1.165, 1.54) is 11.1 Å². The molecule has 2 nitrogen and oxygen atoms in total. The Morgan fingerprint density at radius 1 is 1.11 bits per heavy atom. The average molecular weight is 305 g/mol. The minimum atomic E-state index is 0.582.